The minimum atomic E-state index is -3.25. The van der Waals surface area contributed by atoms with E-state index >= 15 is 0 Å². The molecule has 0 aliphatic heterocycles. The van der Waals surface area contributed by atoms with Crippen LogP contribution in [0.3, 0.4) is 0 Å². The number of unbranched alkanes of at least 4 members (excludes halogenated alkanes) is 2. The van der Waals surface area contributed by atoms with Gasteiger partial charge in [-0.2, -0.15) is 0 Å². The summed E-state index contributed by atoms with van der Waals surface area (Å²) in [7, 11) is 0. The first-order chi connectivity index (χ1) is 12.3. The molecule has 4 nitrogen and oxygen atoms in total. The van der Waals surface area contributed by atoms with E-state index < -0.39 is 13.3 Å². The first-order valence-corrected chi connectivity index (χ1v) is 13.5. The van der Waals surface area contributed by atoms with Gasteiger partial charge in [0, 0.05) is 0 Å². The molecule has 3 heterocycles. The number of furan rings is 3. The van der Waals surface area contributed by atoms with Gasteiger partial charge in [-0.05, 0) is 0 Å². The summed E-state index contributed by atoms with van der Waals surface area (Å²) in [5.41, 5.74) is 0. The van der Waals surface area contributed by atoms with Gasteiger partial charge in [0.05, 0.1) is 0 Å². The molecule has 0 unspecified atom stereocenters. The summed E-state index contributed by atoms with van der Waals surface area (Å²) in [5.74, 6) is 0.313. The van der Waals surface area contributed by atoms with Crippen molar-refractivity contribution in [2.45, 2.75) is 44.3 Å². The summed E-state index contributed by atoms with van der Waals surface area (Å²) < 4.78 is 20.2. The molecular formula is C20H24GeO4. The SMILES string of the molecule is CCCCCC(=O)C[CH2][Ge]([c]1ccco1)([c]1ccco1)[c]1ccco1. The van der Waals surface area contributed by atoms with E-state index in [4.69, 9.17) is 13.3 Å². The van der Waals surface area contributed by atoms with E-state index in [2.05, 4.69) is 6.92 Å². The molecule has 0 saturated heterocycles. The molecule has 0 radical (unpaired) electrons. The number of rotatable bonds is 10. The Balaban J connectivity index is 1.91. The number of carbonyl (C=O) groups excluding carboxylic acids is 1. The van der Waals surface area contributed by atoms with E-state index in [-0.39, 0.29) is 0 Å². The Morgan fingerprint density at radius 2 is 1.36 bits per heavy atom. The zero-order valence-corrected chi connectivity index (χ0v) is 16.7. The Morgan fingerprint density at radius 1 is 0.840 bits per heavy atom. The number of hydrogen-bond acceptors (Lipinski definition) is 4. The Kier molecular flexibility index (Phi) is 6.02. The van der Waals surface area contributed by atoms with E-state index in [1.54, 1.807) is 18.8 Å². The molecule has 0 saturated carbocycles. The van der Waals surface area contributed by atoms with Crippen LogP contribution in [-0.2, 0) is 4.79 Å². The van der Waals surface area contributed by atoms with Gasteiger partial charge in [0.2, 0.25) is 0 Å². The van der Waals surface area contributed by atoms with Crippen LogP contribution in [0, 0.1) is 0 Å². The Morgan fingerprint density at radius 3 is 1.76 bits per heavy atom. The molecule has 0 bridgehead atoms. The van der Waals surface area contributed by atoms with E-state index in [0.29, 0.717) is 18.6 Å². The van der Waals surface area contributed by atoms with Crippen molar-refractivity contribution in [1.82, 2.24) is 0 Å². The van der Waals surface area contributed by atoms with Gasteiger partial charge in [0.15, 0.2) is 0 Å². The first-order valence-electron chi connectivity index (χ1n) is 8.91. The van der Waals surface area contributed by atoms with Gasteiger partial charge in [-0.15, -0.1) is 0 Å². The molecular weight excluding hydrogens is 377 g/mol. The topological polar surface area (TPSA) is 56.5 Å². The number of carbonyl (C=O) groups is 1. The van der Waals surface area contributed by atoms with Gasteiger partial charge in [-0.1, -0.05) is 0 Å². The van der Waals surface area contributed by atoms with Crippen molar-refractivity contribution >= 4 is 32.8 Å². The van der Waals surface area contributed by atoms with Crippen LogP contribution in [0.25, 0.3) is 0 Å². The van der Waals surface area contributed by atoms with E-state index in [0.717, 1.165) is 38.3 Å². The van der Waals surface area contributed by atoms with Crippen LogP contribution in [0.15, 0.2) is 68.4 Å². The molecule has 25 heavy (non-hydrogen) atoms. The van der Waals surface area contributed by atoms with Crippen LogP contribution in [0.2, 0.25) is 5.25 Å². The van der Waals surface area contributed by atoms with Crippen molar-refractivity contribution in [3.8, 4) is 0 Å². The van der Waals surface area contributed by atoms with Crippen molar-refractivity contribution in [2.75, 3.05) is 0 Å². The normalized spacial score (nSPS) is 11.7. The summed E-state index contributed by atoms with van der Waals surface area (Å²) in [6.07, 6.45) is 9.44. The Labute approximate surface area is 150 Å². The van der Waals surface area contributed by atoms with Gasteiger partial charge >= 0.3 is 150 Å². The predicted octanol–water partition coefficient (Wildman–Crippen LogP) is 3.48. The monoisotopic (exact) mass is 402 g/mol. The molecule has 0 N–H and O–H groups in total. The van der Waals surface area contributed by atoms with E-state index in [1.807, 2.05) is 36.4 Å². The van der Waals surface area contributed by atoms with Crippen LogP contribution >= 0.6 is 0 Å². The summed E-state index contributed by atoms with van der Waals surface area (Å²) in [6, 6.07) is 11.7. The molecule has 0 aromatic carbocycles. The predicted molar refractivity (Wildman–Crippen MR) is 99.4 cm³/mol. The molecule has 3 aromatic heterocycles. The summed E-state index contributed by atoms with van der Waals surface area (Å²) in [6.45, 7) is 2.15. The average Bonchev–Trinajstić information content (AvgIpc) is 3.39. The molecule has 5 heteroatoms. The molecule has 0 amide bonds. The van der Waals surface area contributed by atoms with E-state index in [9.17, 15) is 4.79 Å². The quantitative estimate of drug-likeness (QED) is 0.386. The maximum atomic E-state index is 12.4. The molecule has 0 fully saturated rings. The summed E-state index contributed by atoms with van der Waals surface area (Å²) in [5, 5.41) is 0.736. The van der Waals surface area contributed by atoms with Crippen molar-refractivity contribution in [3.05, 3.63) is 55.2 Å². The van der Waals surface area contributed by atoms with Gasteiger partial charge in [-0.25, -0.2) is 0 Å². The summed E-state index contributed by atoms with van der Waals surface area (Å²) in [4.78, 5) is 12.4. The molecule has 0 aliphatic carbocycles. The van der Waals surface area contributed by atoms with Gasteiger partial charge < -0.3 is 0 Å². The van der Waals surface area contributed by atoms with Crippen molar-refractivity contribution < 1.29 is 18.0 Å². The maximum absolute atomic E-state index is 12.4. The number of ketones is 1. The fourth-order valence-electron chi connectivity index (χ4n) is 3.32. The second-order valence-corrected chi connectivity index (χ2v) is 14.3. The third kappa shape index (κ3) is 3.84. The Hall–Kier alpha value is -1.95. The molecule has 0 aliphatic rings. The first kappa shape index (κ1) is 17.9. The molecule has 3 rings (SSSR count). The van der Waals surface area contributed by atoms with E-state index in [1.165, 1.54) is 0 Å². The number of hydrogen-bond donors (Lipinski definition) is 0. The van der Waals surface area contributed by atoms with Crippen LogP contribution in [0.1, 0.15) is 39.0 Å². The molecule has 3 aromatic rings. The van der Waals surface area contributed by atoms with Gasteiger partial charge in [-0.3, -0.25) is 0 Å². The van der Waals surface area contributed by atoms with Gasteiger partial charge in [0.25, 0.3) is 0 Å². The van der Waals surface area contributed by atoms with Crippen molar-refractivity contribution in [1.29, 1.82) is 0 Å². The fourth-order valence-corrected chi connectivity index (χ4v) is 11.9. The standard InChI is InChI=1S/C20H24GeO4/c1-2-3-4-8-17(22)12-13-21(18-9-5-14-23-18,19-10-6-15-24-19)20-11-7-16-25-20/h5-7,9-11,14-16H,2-4,8,12-13H2,1H3. The van der Waals surface area contributed by atoms with Crippen LogP contribution in [0.4, 0.5) is 0 Å². The third-order valence-electron chi connectivity index (χ3n) is 4.66. The molecule has 0 spiro atoms. The van der Waals surface area contributed by atoms with Crippen molar-refractivity contribution in [3.63, 3.8) is 0 Å². The van der Waals surface area contributed by atoms with Crippen LogP contribution in [0.5, 0.6) is 0 Å². The zero-order chi connectivity index (χ0) is 17.5. The van der Waals surface area contributed by atoms with Crippen LogP contribution < -0.4 is 13.8 Å². The van der Waals surface area contributed by atoms with Crippen molar-refractivity contribution in [2.24, 2.45) is 0 Å². The fraction of sp³-hybridized carbons (Fsp3) is 0.350. The van der Waals surface area contributed by atoms with Crippen LogP contribution in [-0.4, -0.2) is 19.0 Å². The summed E-state index contributed by atoms with van der Waals surface area (Å²) >= 11 is -3.25. The van der Waals surface area contributed by atoms with Gasteiger partial charge in [0.1, 0.15) is 0 Å². The second-order valence-electron chi connectivity index (χ2n) is 6.33. The average molecular weight is 401 g/mol. The number of Topliss-reactive ketones (excluding diaryl/α,β-unsaturated/α-hetero) is 1. The third-order valence-corrected chi connectivity index (χ3v) is 13.8. The molecule has 132 valence electrons. The molecule has 0 atom stereocenters. The Bertz CT molecular complexity index is 658. The zero-order valence-electron chi connectivity index (χ0n) is 14.6. The minimum absolute atomic E-state index is 0.313. The second kappa shape index (κ2) is 8.43.